The van der Waals surface area contributed by atoms with Crippen LogP contribution in [0.15, 0.2) is 23.2 Å². The lowest BCUT2D eigenvalue weighted by molar-refractivity contribution is 0.198. The van der Waals surface area contributed by atoms with E-state index in [2.05, 4.69) is 35.4 Å². The van der Waals surface area contributed by atoms with E-state index in [9.17, 15) is 0 Å². The van der Waals surface area contributed by atoms with Gasteiger partial charge in [0.2, 0.25) is 0 Å². The van der Waals surface area contributed by atoms with Crippen LogP contribution in [0.5, 0.6) is 11.5 Å². The highest BCUT2D eigenvalue weighted by Crippen LogP contribution is 2.35. The lowest BCUT2D eigenvalue weighted by atomic mass is 10.1. The van der Waals surface area contributed by atoms with E-state index in [4.69, 9.17) is 14.5 Å². The Balaban J connectivity index is 1.64. The Morgan fingerprint density at radius 3 is 2.69 bits per heavy atom. The molecule has 29 heavy (non-hydrogen) atoms. The zero-order valence-corrected chi connectivity index (χ0v) is 18.4. The highest BCUT2D eigenvalue weighted by molar-refractivity contribution is 5.79. The molecule has 1 saturated heterocycles. The lowest BCUT2D eigenvalue weighted by Gasteiger charge is -2.19. The molecule has 0 amide bonds. The molecule has 1 heterocycles. The van der Waals surface area contributed by atoms with Crippen LogP contribution in [0, 0.1) is 5.92 Å². The van der Waals surface area contributed by atoms with E-state index in [0.29, 0.717) is 18.6 Å². The third-order valence-corrected chi connectivity index (χ3v) is 5.99. The Morgan fingerprint density at radius 1 is 1.17 bits per heavy atom. The molecule has 0 spiro atoms. The molecule has 0 bridgehead atoms. The lowest BCUT2D eigenvalue weighted by Crippen LogP contribution is -2.40. The van der Waals surface area contributed by atoms with Gasteiger partial charge in [0, 0.05) is 25.2 Å². The van der Waals surface area contributed by atoms with Gasteiger partial charge in [0.05, 0.1) is 19.8 Å². The highest BCUT2D eigenvalue weighted by Gasteiger charge is 2.22. The summed E-state index contributed by atoms with van der Waals surface area (Å²) in [6, 6.07) is 6.08. The average molecular weight is 403 g/mol. The molecule has 0 radical (unpaired) electrons. The number of methoxy groups -OCH3 is 1. The zero-order chi connectivity index (χ0) is 20.5. The second kappa shape index (κ2) is 11.3. The molecule has 1 aromatic rings. The van der Waals surface area contributed by atoms with E-state index in [1.165, 1.54) is 32.4 Å². The number of hydrogen-bond donors (Lipinski definition) is 2. The normalized spacial score (nSPS) is 20.8. The van der Waals surface area contributed by atoms with Crippen molar-refractivity contribution in [3.63, 3.8) is 0 Å². The van der Waals surface area contributed by atoms with Gasteiger partial charge in [-0.1, -0.05) is 19.1 Å². The molecule has 3 rings (SSSR count). The summed E-state index contributed by atoms with van der Waals surface area (Å²) in [6.45, 7) is 10.3. The Labute approximate surface area is 176 Å². The van der Waals surface area contributed by atoms with Gasteiger partial charge in [-0.05, 0) is 64.1 Å². The predicted octanol–water partition coefficient (Wildman–Crippen LogP) is 3.41. The smallest absolute Gasteiger partial charge is 0.191 e. The first-order chi connectivity index (χ1) is 14.2. The maximum atomic E-state index is 6.35. The van der Waals surface area contributed by atoms with Gasteiger partial charge in [-0.15, -0.1) is 0 Å². The molecule has 162 valence electrons. The van der Waals surface area contributed by atoms with Gasteiger partial charge in [0.1, 0.15) is 0 Å². The fourth-order valence-electron chi connectivity index (χ4n) is 4.27. The van der Waals surface area contributed by atoms with Crippen molar-refractivity contribution in [1.82, 2.24) is 15.5 Å². The van der Waals surface area contributed by atoms with Crippen molar-refractivity contribution in [3.05, 3.63) is 23.8 Å². The minimum absolute atomic E-state index is 0.296. The van der Waals surface area contributed by atoms with Crippen LogP contribution in [-0.2, 0) is 6.54 Å². The Bertz CT molecular complexity index is 658. The van der Waals surface area contributed by atoms with Crippen molar-refractivity contribution >= 4 is 5.96 Å². The molecule has 2 aliphatic rings. The molecule has 1 aliphatic carbocycles. The van der Waals surface area contributed by atoms with Crippen LogP contribution in [0.3, 0.4) is 0 Å². The van der Waals surface area contributed by atoms with Crippen LogP contribution in [0.2, 0.25) is 0 Å². The number of ether oxygens (including phenoxy) is 2. The van der Waals surface area contributed by atoms with Crippen LogP contribution in [0.25, 0.3) is 0 Å². The number of rotatable bonds is 9. The van der Waals surface area contributed by atoms with Crippen LogP contribution in [-0.4, -0.2) is 56.8 Å². The summed E-state index contributed by atoms with van der Waals surface area (Å²) in [5.74, 6) is 3.22. The predicted molar refractivity (Wildman–Crippen MR) is 119 cm³/mol. The maximum Gasteiger partial charge on any atom is 0.191 e. The standard InChI is InChI=1S/C23H38N4O2/c1-4-24-23(25-15-18-13-14-27(5-2)17-18)26-16-19-9-8-12-21(28-3)22(19)29-20-10-6-7-11-20/h8-9,12,18,20H,4-7,10-11,13-17H2,1-3H3,(H2,24,25,26). The van der Waals surface area contributed by atoms with Crippen molar-refractivity contribution in [2.24, 2.45) is 10.9 Å². The topological polar surface area (TPSA) is 58.1 Å². The molecule has 6 nitrogen and oxygen atoms in total. The number of hydrogen-bond acceptors (Lipinski definition) is 4. The largest absolute Gasteiger partial charge is 0.493 e. The minimum atomic E-state index is 0.296. The van der Waals surface area contributed by atoms with Gasteiger partial charge < -0.3 is 25.0 Å². The summed E-state index contributed by atoms with van der Waals surface area (Å²) in [4.78, 5) is 7.35. The molecular weight excluding hydrogens is 364 g/mol. The third kappa shape index (κ3) is 6.26. The van der Waals surface area contributed by atoms with E-state index in [0.717, 1.165) is 55.5 Å². The molecule has 1 aliphatic heterocycles. The number of para-hydroxylation sites is 1. The Kier molecular flexibility index (Phi) is 8.47. The first-order valence-corrected chi connectivity index (χ1v) is 11.3. The summed E-state index contributed by atoms with van der Waals surface area (Å²) >= 11 is 0. The molecule has 1 saturated carbocycles. The van der Waals surface area contributed by atoms with Gasteiger partial charge in [-0.3, -0.25) is 0 Å². The summed E-state index contributed by atoms with van der Waals surface area (Å²) in [6.07, 6.45) is 6.30. The zero-order valence-electron chi connectivity index (χ0n) is 18.4. The van der Waals surface area contributed by atoms with E-state index < -0.39 is 0 Å². The summed E-state index contributed by atoms with van der Waals surface area (Å²) in [7, 11) is 1.71. The monoisotopic (exact) mass is 402 g/mol. The van der Waals surface area contributed by atoms with Crippen LogP contribution in [0.1, 0.15) is 51.5 Å². The van der Waals surface area contributed by atoms with Gasteiger partial charge in [0.25, 0.3) is 0 Å². The van der Waals surface area contributed by atoms with Crippen molar-refractivity contribution < 1.29 is 9.47 Å². The fraction of sp³-hybridized carbons (Fsp3) is 0.696. The molecule has 1 unspecified atom stereocenters. The average Bonchev–Trinajstić information content (AvgIpc) is 3.42. The van der Waals surface area contributed by atoms with Crippen molar-refractivity contribution in [2.45, 2.75) is 58.6 Å². The van der Waals surface area contributed by atoms with Crippen LogP contribution < -0.4 is 20.1 Å². The van der Waals surface area contributed by atoms with Crippen LogP contribution in [0.4, 0.5) is 0 Å². The van der Waals surface area contributed by atoms with Crippen molar-refractivity contribution in [3.8, 4) is 11.5 Å². The molecular formula is C23H38N4O2. The quantitative estimate of drug-likeness (QED) is 0.490. The molecule has 0 aromatic heterocycles. The Hall–Kier alpha value is -1.95. The minimum Gasteiger partial charge on any atom is -0.493 e. The number of nitrogens with zero attached hydrogens (tertiary/aromatic N) is 2. The second-order valence-corrected chi connectivity index (χ2v) is 8.10. The first kappa shape index (κ1) is 21.8. The summed E-state index contributed by atoms with van der Waals surface area (Å²) in [5, 5.41) is 6.92. The Morgan fingerprint density at radius 2 is 2.00 bits per heavy atom. The highest BCUT2D eigenvalue weighted by atomic mass is 16.5. The number of likely N-dealkylation sites (tertiary alicyclic amines) is 1. The van der Waals surface area contributed by atoms with Crippen molar-refractivity contribution in [2.75, 3.05) is 39.8 Å². The number of benzene rings is 1. The fourth-order valence-corrected chi connectivity index (χ4v) is 4.27. The van der Waals surface area contributed by atoms with Gasteiger partial charge >= 0.3 is 0 Å². The van der Waals surface area contributed by atoms with E-state index >= 15 is 0 Å². The van der Waals surface area contributed by atoms with E-state index in [-0.39, 0.29) is 0 Å². The van der Waals surface area contributed by atoms with Gasteiger partial charge in [0.15, 0.2) is 17.5 Å². The number of nitrogens with one attached hydrogen (secondary N) is 2. The first-order valence-electron chi connectivity index (χ1n) is 11.3. The summed E-state index contributed by atoms with van der Waals surface area (Å²) in [5.41, 5.74) is 1.08. The number of aliphatic imine (C=N–C) groups is 1. The molecule has 1 atom stereocenters. The SMILES string of the molecule is CCNC(=NCc1cccc(OC)c1OC1CCCC1)NCC1CCN(CC)C1. The number of guanidine groups is 1. The van der Waals surface area contributed by atoms with E-state index in [1.807, 2.05) is 12.1 Å². The van der Waals surface area contributed by atoms with Crippen LogP contribution >= 0.6 is 0 Å². The summed E-state index contributed by atoms with van der Waals surface area (Å²) < 4.78 is 11.9. The molecule has 2 fully saturated rings. The van der Waals surface area contributed by atoms with E-state index in [1.54, 1.807) is 7.11 Å². The van der Waals surface area contributed by atoms with Gasteiger partial charge in [-0.25, -0.2) is 4.99 Å². The van der Waals surface area contributed by atoms with Crippen molar-refractivity contribution in [1.29, 1.82) is 0 Å². The molecule has 2 N–H and O–H groups in total. The molecule has 1 aromatic carbocycles. The second-order valence-electron chi connectivity index (χ2n) is 8.10. The maximum absolute atomic E-state index is 6.35. The molecule has 6 heteroatoms. The third-order valence-electron chi connectivity index (χ3n) is 5.99. The van der Waals surface area contributed by atoms with Gasteiger partial charge in [-0.2, -0.15) is 0 Å².